The van der Waals surface area contributed by atoms with Gasteiger partial charge in [-0.2, -0.15) is 0 Å². The third-order valence-corrected chi connectivity index (χ3v) is 2.56. The Hall–Kier alpha value is -0.970. The summed E-state index contributed by atoms with van der Waals surface area (Å²) >= 11 is 1.27. The molecule has 1 aromatic rings. The zero-order valence-electron chi connectivity index (χ0n) is 8.32. The highest BCUT2D eigenvalue weighted by Gasteiger charge is 2.07. The van der Waals surface area contributed by atoms with Crippen molar-refractivity contribution < 1.29 is 4.79 Å². The molecule has 0 saturated carbocycles. The van der Waals surface area contributed by atoms with Crippen molar-refractivity contribution in [2.24, 2.45) is 0 Å². The lowest BCUT2D eigenvalue weighted by atomic mass is 10.2. The van der Waals surface area contributed by atoms with Crippen molar-refractivity contribution >= 4 is 17.2 Å². The van der Waals surface area contributed by atoms with Gasteiger partial charge in [-0.05, 0) is 6.42 Å². The molecular formula is C9H15N3OS. The summed E-state index contributed by atoms with van der Waals surface area (Å²) in [6, 6.07) is 0. The van der Waals surface area contributed by atoms with Gasteiger partial charge in [-0.3, -0.25) is 4.79 Å². The van der Waals surface area contributed by atoms with Crippen molar-refractivity contribution in [1.82, 2.24) is 15.5 Å². The second kappa shape index (κ2) is 6.48. The lowest BCUT2D eigenvalue weighted by Gasteiger charge is -2.01. The minimum atomic E-state index is -0.107. The Morgan fingerprint density at radius 2 is 2.36 bits per heavy atom. The van der Waals surface area contributed by atoms with Gasteiger partial charge in [0.1, 0.15) is 5.51 Å². The van der Waals surface area contributed by atoms with Crippen LogP contribution in [0.15, 0.2) is 5.51 Å². The number of nitrogens with one attached hydrogen (secondary N) is 1. The van der Waals surface area contributed by atoms with E-state index in [4.69, 9.17) is 0 Å². The number of nitrogens with zero attached hydrogens (tertiary/aromatic N) is 2. The largest absolute Gasteiger partial charge is 0.350 e. The average Bonchev–Trinajstić information content (AvgIpc) is 2.70. The Kier molecular flexibility index (Phi) is 5.14. The summed E-state index contributed by atoms with van der Waals surface area (Å²) in [6.07, 6.45) is 4.66. The summed E-state index contributed by atoms with van der Waals surface area (Å²) in [5.41, 5.74) is 1.56. The molecule has 1 amide bonds. The van der Waals surface area contributed by atoms with Crippen LogP contribution in [0.1, 0.15) is 42.4 Å². The number of carbonyl (C=O) groups excluding carboxylic acids is 1. The van der Waals surface area contributed by atoms with Crippen LogP contribution in [-0.2, 0) is 0 Å². The molecule has 0 saturated heterocycles. The van der Waals surface area contributed by atoms with E-state index in [1.807, 2.05) is 0 Å². The monoisotopic (exact) mass is 213 g/mol. The summed E-state index contributed by atoms with van der Waals surface area (Å²) in [5, 5.41) is 10.6. The molecule has 1 rings (SSSR count). The quantitative estimate of drug-likeness (QED) is 0.734. The first kappa shape index (κ1) is 11.1. The van der Waals surface area contributed by atoms with E-state index in [0.29, 0.717) is 5.01 Å². The molecule has 0 atom stereocenters. The molecule has 0 aromatic carbocycles. The molecule has 0 bridgehead atoms. The van der Waals surface area contributed by atoms with E-state index in [0.717, 1.165) is 13.0 Å². The predicted molar refractivity (Wildman–Crippen MR) is 56.4 cm³/mol. The fourth-order valence-corrected chi connectivity index (χ4v) is 1.57. The van der Waals surface area contributed by atoms with Gasteiger partial charge < -0.3 is 5.32 Å². The van der Waals surface area contributed by atoms with Gasteiger partial charge in [0.25, 0.3) is 5.91 Å². The average molecular weight is 213 g/mol. The fraction of sp³-hybridized carbons (Fsp3) is 0.667. The van der Waals surface area contributed by atoms with E-state index in [9.17, 15) is 4.79 Å². The third-order valence-electron chi connectivity index (χ3n) is 1.87. The first-order chi connectivity index (χ1) is 6.84. The second-order valence-electron chi connectivity index (χ2n) is 3.06. The molecule has 0 aliphatic heterocycles. The van der Waals surface area contributed by atoms with Crippen molar-refractivity contribution in [2.45, 2.75) is 32.6 Å². The van der Waals surface area contributed by atoms with Gasteiger partial charge in [0.15, 0.2) is 0 Å². The third kappa shape index (κ3) is 3.83. The highest BCUT2D eigenvalue weighted by atomic mass is 32.1. The van der Waals surface area contributed by atoms with Crippen molar-refractivity contribution in [2.75, 3.05) is 6.54 Å². The Labute approximate surface area is 87.7 Å². The summed E-state index contributed by atoms with van der Waals surface area (Å²) in [7, 11) is 0. The summed E-state index contributed by atoms with van der Waals surface area (Å²) in [6.45, 7) is 2.90. The normalized spacial score (nSPS) is 10.1. The molecule has 0 aliphatic carbocycles. The first-order valence-corrected chi connectivity index (χ1v) is 5.77. The van der Waals surface area contributed by atoms with Crippen LogP contribution in [0.2, 0.25) is 0 Å². The van der Waals surface area contributed by atoms with Crippen LogP contribution < -0.4 is 5.32 Å². The lowest BCUT2D eigenvalue weighted by Crippen LogP contribution is -2.24. The SMILES string of the molecule is CCCCCCNC(=O)c1nncs1. The number of unbranched alkanes of at least 4 members (excludes halogenated alkanes) is 3. The number of rotatable bonds is 6. The molecule has 0 aliphatic rings. The standard InChI is InChI=1S/C9H15N3OS/c1-2-3-4-5-6-10-8(13)9-12-11-7-14-9/h7H,2-6H2,1H3,(H,10,13). The molecule has 0 fully saturated rings. The van der Waals surface area contributed by atoms with E-state index in [1.54, 1.807) is 5.51 Å². The van der Waals surface area contributed by atoms with Crippen molar-refractivity contribution in [1.29, 1.82) is 0 Å². The van der Waals surface area contributed by atoms with E-state index in [1.165, 1.54) is 30.6 Å². The van der Waals surface area contributed by atoms with Gasteiger partial charge in [0.2, 0.25) is 5.01 Å². The zero-order chi connectivity index (χ0) is 10.2. The minimum absolute atomic E-state index is 0.107. The van der Waals surface area contributed by atoms with Crippen LogP contribution in [0.25, 0.3) is 0 Å². The van der Waals surface area contributed by atoms with Gasteiger partial charge in [0.05, 0.1) is 0 Å². The Morgan fingerprint density at radius 3 is 3.00 bits per heavy atom. The Balaban J connectivity index is 2.10. The fourth-order valence-electron chi connectivity index (χ4n) is 1.10. The zero-order valence-corrected chi connectivity index (χ0v) is 9.14. The maximum Gasteiger partial charge on any atom is 0.282 e. The Morgan fingerprint density at radius 1 is 1.50 bits per heavy atom. The van der Waals surface area contributed by atoms with Crippen LogP contribution >= 0.6 is 11.3 Å². The van der Waals surface area contributed by atoms with E-state index < -0.39 is 0 Å². The molecule has 78 valence electrons. The molecule has 5 heteroatoms. The molecule has 4 nitrogen and oxygen atoms in total. The maximum atomic E-state index is 11.3. The smallest absolute Gasteiger partial charge is 0.282 e. The molecule has 14 heavy (non-hydrogen) atoms. The molecule has 1 heterocycles. The summed E-state index contributed by atoms with van der Waals surface area (Å²) in [5.74, 6) is -0.107. The van der Waals surface area contributed by atoms with Gasteiger partial charge in [-0.1, -0.05) is 37.5 Å². The number of hydrogen-bond donors (Lipinski definition) is 1. The van der Waals surface area contributed by atoms with Crippen LogP contribution in [0.5, 0.6) is 0 Å². The summed E-state index contributed by atoms with van der Waals surface area (Å²) in [4.78, 5) is 11.3. The van der Waals surface area contributed by atoms with Crippen molar-refractivity contribution in [3.63, 3.8) is 0 Å². The molecule has 0 unspecified atom stereocenters. The second-order valence-corrected chi connectivity index (χ2v) is 3.89. The van der Waals surface area contributed by atoms with Gasteiger partial charge in [0, 0.05) is 6.54 Å². The van der Waals surface area contributed by atoms with Crippen molar-refractivity contribution in [3.8, 4) is 0 Å². The number of amides is 1. The molecule has 1 aromatic heterocycles. The molecule has 0 radical (unpaired) electrons. The molecular weight excluding hydrogens is 198 g/mol. The predicted octanol–water partition coefficient (Wildman–Crippen LogP) is 1.85. The minimum Gasteiger partial charge on any atom is -0.350 e. The Bertz CT molecular complexity index is 261. The van der Waals surface area contributed by atoms with Crippen LogP contribution in [-0.4, -0.2) is 22.6 Å². The molecule has 1 N–H and O–H groups in total. The van der Waals surface area contributed by atoms with Crippen LogP contribution in [0.3, 0.4) is 0 Å². The number of carbonyl (C=O) groups is 1. The van der Waals surface area contributed by atoms with E-state index in [2.05, 4.69) is 22.4 Å². The van der Waals surface area contributed by atoms with Gasteiger partial charge in [-0.25, -0.2) is 0 Å². The van der Waals surface area contributed by atoms with Gasteiger partial charge in [-0.15, -0.1) is 10.2 Å². The summed E-state index contributed by atoms with van der Waals surface area (Å²) < 4.78 is 0. The van der Waals surface area contributed by atoms with E-state index >= 15 is 0 Å². The lowest BCUT2D eigenvalue weighted by molar-refractivity contribution is 0.0952. The number of hydrogen-bond acceptors (Lipinski definition) is 4. The van der Waals surface area contributed by atoms with Crippen LogP contribution in [0.4, 0.5) is 0 Å². The maximum absolute atomic E-state index is 11.3. The van der Waals surface area contributed by atoms with Crippen molar-refractivity contribution in [3.05, 3.63) is 10.5 Å². The van der Waals surface area contributed by atoms with Gasteiger partial charge >= 0.3 is 0 Å². The highest BCUT2D eigenvalue weighted by molar-refractivity contribution is 7.11. The number of aromatic nitrogens is 2. The first-order valence-electron chi connectivity index (χ1n) is 4.89. The molecule has 0 spiro atoms. The van der Waals surface area contributed by atoms with Crippen LogP contribution in [0, 0.1) is 0 Å². The van der Waals surface area contributed by atoms with E-state index in [-0.39, 0.29) is 5.91 Å². The topological polar surface area (TPSA) is 54.9 Å². The highest BCUT2D eigenvalue weighted by Crippen LogP contribution is 2.01.